The van der Waals surface area contributed by atoms with E-state index in [1.165, 1.54) is 14.0 Å². The second-order valence-electron chi connectivity index (χ2n) is 3.90. The maximum absolute atomic E-state index is 11.6. The average molecular weight is 262 g/mol. The zero-order chi connectivity index (χ0) is 13.5. The van der Waals surface area contributed by atoms with Crippen LogP contribution in [-0.2, 0) is 19.6 Å². The first-order valence-electron chi connectivity index (χ1n) is 5.28. The van der Waals surface area contributed by atoms with E-state index < -0.39 is 21.5 Å². The number of methoxy groups -OCH3 is 1. The summed E-state index contributed by atoms with van der Waals surface area (Å²) in [7, 11) is -2.30. The molecule has 0 rings (SSSR count). The van der Waals surface area contributed by atoms with Crippen LogP contribution in [0, 0.1) is 11.3 Å². The van der Waals surface area contributed by atoms with Crippen molar-refractivity contribution in [2.75, 3.05) is 12.9 Å². The maximum Gasteiger partial charge on any atom is 0.305 e. The highest BCUT2D eigenvalue weighted by molar-refractivity contribution is 7.89. The molecule has 1 atom stereocenters. The summed E-state index contributed by atoms with van der Waals surface area (Å²) in [5.41, 5.74) is -1.09. The van der Waals surface area contributed by atoms with E-state index in [2.05, 4.69) is 9.46 Å². The van der Waals surface area contributed by atoms with Gasteiger partial charge in [0.15, 0.2) is 0 Å². The Balaban J connectivity index is 4.32. The molecule has 98 valence electrons. The van der Waals surface area contributed by atoms with Crippen LogP contribution in [0.15, 0.2) is 0 Å². The quantitative estimate of drug-likeness (QED) is 0.676. The van der Waals surface area contributed by atoms with Crippen molar-refractivity contribution in [1.82, 2.24) is 4.72 Å². The SMILES string of the molecule is CCC(C)(C#N)NS(=O)(=O)CCCC(=O)OC. The number of hydrogen-bond donors (Lipinski definition) is 1. The van der Waals surface area contributed by atoms with Gasteiger partial charge < -0.3 is 4.74 Å². The minimum atomic E-state index is -3.55. The predicted octanol–water partition coefficient (Wildman–Crippen LogP) is 0.551. The Labute approximate surface area is 102 Å². The van der Waals surface area contributed by atoms with Gasteiger partial charge in [-0.3, -0.25) is 4.79 Å². The topological polar surface area (TPSA) is 96.3 Å². The molecule has 0 heterocycles. The Morgan fingerprint density at radius 2 is 2.12 bits per heavy atom. The van der Waals surface area contributed by atoms with E-state index in [0.29, 0.717) is 6.42 Å². The summed E-state index contributed by atoms with van der Waals surface area (Å²) in [4.78, 5) is 10.8. The first-order chi connectivity index (χ1) is 7.78. The second kappa shape index (κ2) is 6.57. The highest BCUT2D eigenvalue weighted by Gasteiger charge is 2.27. The van der Waals surface area contributed by atoms with Crippen molar-refractivity contribution < 1.29 is 17.9 Å². The summed E-state index contributed by atoms with van der Waals surface area (Å²) >= 11 is 0. The van der Waals surface area contributed by atoms with Gasteiger partial charge in [0, 0.05) is 6.42 Å². The molecule has 0 amide bonds. The lowest BCUT2D eigenvalue weighted by Crippen LogP contribution is -2.45. The van der Waals surface area contributed by atoms with Crippen LogP contribution in [0.2, 0.25) is 0 Å². The normalized spacial score (nSPS) is 14.7. The van der Waals surface area contributed by atoms with Gasteiger partial charge in [0.2, 0.25) is 10.0 Å². The summed E-state index contributed by atoms with van der Waals surface area (Å²) < 4.78 is 30.0. The molecule has 0 aliphatic heterocycles. The van der Waals surface area contributed by atoms with E-state index >= 15 is 0 Å². The standard InChI is InChI=1S/C10H18N2O4S/c1-4-10(2,8-11)12-17(14,15)7-5-6-9(13)16-3/h12H,4-7H2,1-3H3. The second-order valence-corrected chi connectivity index (χ2v) is 5.74. The van der Waals surface area contributed by atoms with E-state index in [4.69, 9.17) is 5.26 Å². The van der Waals surface area contributed by atoms with Crippen LogP contribution in [0.4, 0.5) is 0 Å². The number of esters is 1. The van der Waals surface area contributed by atoms with E-state index in [0.717, 1.165) is 0 Å². The van der Waals surface area contributed by atoms with Crippen LogP contribution in [-0.4, -0.2) is 32.8 Å². The number of nitrogens with zero attached hydrogens (tertiary/aromatic N) is 1. The van der Waals surface area contributed by atoms with Crippen LogP contribution in [0.1, 0.15) is 33.1 Å². The van der Waals surface area contributed by atoms with Gasteiger partial charge in [-0.2, -0.15) is 9.98 Å². The molecule has 1 unspecified atom stereocenters. The summed E-state index contributed by atoms with van der Waals surface area (Å²) in [5.74, 6) is -0.641. The van der Waals surface area contributed by atoms with Crippen LogP contribution < -0.4 is 4.72 Å². The molecule has 0 saturated heterocycles. The van der Waals surface area contributed by atoms with Crippen LogP contribution in [0.3, 0.4) is 0 Å². The number of nitriles is 1. The van der Waals surface area contributed by atoms with Crippen LogP contribution in [0.5, 0.6) is 0 Å². The molecule has 1 N–H and O–H groups in total. The smallest absolute Gasteiger partial charge is 0.305 e. The summed E-state index contributed by atoms with van der Waals surface area (Å²) in [6, 6.07) is 1.91. The third-order valence-electron chi connectivity index (χ3n) is 2.36. The Morgan fingerprint density at radius 3 is 2.53 bits per heavy atom. The summed E-state index contributed by atoms with van der Waals surface area (Å²) in [5, 5.41) is 8.85. The number of nitrogens with one attached hydrogen (secondary N) is 1. The Hall–Kier alpha value is -1.13. The zero-order valence-electron chi connectivity index (χ0n) is 10.3. The lowest BCUT2D eigenvalue weighted by atomic mass is 10.0. The predicted molar refractivity (Wildman–Crippen MR) is 62.5 cm³/mol. The minimum Gasteiger partial charge on any atom is -0.469 e. The summed E-state index contributed by atoms with van der Waals surface area (Å²) in [6.45, 7) is 3.24. The van der Waals surface area contributed by atoms with Crippen LogP contribution in [0.25, 0.3) is 0 Å². The molecule has 17 heavy (non-hydrogen) atoms. The van der Waals surface area contributed by atoms with E-state index in [9.17, 15) is 13.2 Å². The van der Waals surface area contributed by atoms with E-state index in [1.54, 1.807) is 6.92 Å². The molecule has 0 bridgehead atoms. The van der Waals surface area contributed by atoms with Gasteiger partial charge in [0.1, 0.15) is 5.54 Å². The number of ether oxygens (including phenoxy) is 1. The van der Waals surface area contributed by atoms with Gasteiger partial charge in [0.25, 0.3) is 0 Å². The molecule has 0 aromatic heterocycles. The highest BCUT2D eigenvalue weighted by Crippen LogP contribution is 2.10. The van der Waals surface area contributed by atoms with Crippen molar-refractivity contribution in [1.29, 1.82) is 5.26 Å². The van der Waals surface area contributed by atoms with Gasteiger partial charge in [-0.1, -0.05) is 6.92 Å². The van der Waals surface area contributed by atoms with Gasteiger partial charge in [-0.05, 0) is 19.8 Å². The Kier molecular flexibility index (Phi) is 6.13. The Morgan fingerprint density at radius 1 is 1.53 bits per heavy atom. The van der Waals surface area contributed by atoms with E-state index in [-0.39, 0.29) is 18.6 Å². The van der Waals surface area contributed by atoms with Crippen molar-refractivity contribution in [2.24, 2.45) is 0 Å². The molecule has 0 fully saturated rings. The van der Waals surface area contributed by atoms with Crippen LogP contribution >= 0.6 is 0 Å². The minimum absolute atomic E-state index is 0.0484. The lowest BCUT2D eigenvalue weighted by Gasteiger charge is -2.20. The molecular weight excluding hydrogens is 244 g/mol. The molecule has 0 aliphatic carbocycles. The van der Waals surface area contributed by atoms with Gasteiger partial charge in [-0.15, -0.1) is 0 Å². The largest absolute Gasteiger partial charge is 0.469 e. The number of sulfonamides is 1. The molecule has 7 heteroatoms. The van der Waals surface area contributed by atoms with Crippen molar-refractivity contribution in [3.63, 3.8) is 0 Å². The third-order valence-corrected chi connectivity index (χ3v) is 3.94. The number of carbonyl (C=O) groups excluding carboxylic acids is 1. The van der Waals surface area contributed by atoms with E-state index in [1.807, 2.05) is 6.07 Å². The summed E-state index contributed by atoms with van der Waals surface area (Å²) in [6.07, 6.45) is 0.597. The fourth-order valence-electron chi connectivity index (χ4n) is 1.08. The fourth-order valence-corrected chi connectivity index (χ4v) is 2.58. The highest BCUT2D eigenvalue weighted by atomic mass is 32.2. The Bertz CT molecular complexity index is 399. The molecule has 0 saturated carbocycles. The number of hydrogen-bond acceptors (Lipinski definition) is 5. The molecular formula is C10H18N2O4S. The van der Waals surface area contributed by atoms with Gasteiger partial charge >= 0.3 is 5.97 Å². The van der Waals surface area contributed by atoms with Crippen molar-refractivity contribution in [2.45, 2.75) is 38.6 Å². The molecule has 0 aliphatic rings. The molecule has 0 aromatic carbocycles. The average Bonchev–Trinajstić information content (AvgIpc) is 2.27. The number of rotatable bonds is 7. The lowest BCUT2D eigenvalue weighted by molar-refractivity contribution is -0.140. The molecule has 6 nitrogen and oxygen atoms in total. The van der Waals surface area contributed by atoms with Crippen molar-refractivity contribution >= 4 is 16.0 Å². The van der Waals surface area contributed by atoms with Crippen molar-refractivity contribution in [3.8, 4) is 6.07 Å². The van der Waals surface area contributed by atoms with Crippen molar-refractivity contribution in [3.05, 3.63) is 0 Å². The fraction of sp³-hybridized carbons (Fsp3) is 0.800. The molecule has 0 spiro atoms. The van der Waals surface area contributed by atoms with Gasteiger partial charge in [0.05, 0.1) is 18.9 Å². The first-order valence-corrected chi connectivity index (χ1v) is 6.93. The monoisotopic (exact) mass is 262 g/mol. The molecule has 0 radical (unpaired) electrons. The third kappa shape index (κ3) is 6.24. The zero-order valence-corrected chi connectivity index (χ0v) is 11.1. The number of carbonyl (C=O) groups is 1. The maximum atomic E-state index is 11.6. The first kappa shape index (κ1) is 15.9. The van der Waals surface area contributed by atoms with Gasteiger partial charge in [-0.25, -0.2) is 8.42 Å². The molecule has 0 aromatic rings.